The predicted octanol–water partition coefficient (Wildman–Crippen LogP) is 2.50. The van der Waals surface area contributed by atoms with E-state index in [1.807, 2.05) is 25.1 Å². The van der Waals surface area contributed by atoms with Crippen molar-refractivity contribution in [3.8, 4) is 0 Å². The summed E-state index contributed by atoms with van der Waals surface area (Å²) in [5.74, 6) is -0.145. The van der Waals surface area contributed by atoms with E-state index in [-0.39, 0.29) is 18.6 Å². The Bertz CT molecular complexity index is 457. The first-order chi connectivity index (χ1) is 8.45. The molecule has 0 saturated heterocycles. The molecule has 0 fully saturated rings. The highest BCUT2D eigenvalue weighted by atomic mass is 35.5. The zero-order valence-electron chi connectivity index (χ0n) is 10.9. The fourth-order valence-corrected chi connectivity index (χ4v) is 1.53. The molecule has 1 N–H and O–H groups in total. The van der Waals surface area contributed by atoms with Gasteiger partial charge in [0.2, 0.25) is 5.91 Å². The van der Waals surface area contributed by atoms with Crippen molar-refractivity contribution in [1.29, 1.82) is 0 Å². The maximum Gasteiger partial charge on any atom is 0.246 e. The van der Waals surface area contributed by atoms with Gasteiger partial charge in [-0.3, -0.25) is 4.79 Å². The zero-order chi connectivity index (χ0) is 13.7. The Morgan fingerprint density at radius 1 is 1.56 bits per heavy atom. The fourth-order valence-electron chi connectivity index (χ4n) is 1.34. The molecule has 0 saturated carbocycles. The largest absolute Gasteiger partial charge is 0.394 e. The van der Waals surface area contributed by atoms with Gasteiger partial charge in [0.25, 0.3) is 0 Å². The third kappa shape index (κ3) is 3.86. The van der Waals surface area contributed by atoms with Crippen molar-refractivity contribution in [2.45, 2.75) is 19.9 Å². The van der Waals surface area contributed by atoms with E-state index in [1.165, 1.54) is 11.0 Å². The molecule has 98 valence electrons. The van der Waals surface area contributed by atoms with E-state index in [0.717, 1.165) is 11.1 Å². The average Bonchev–Trinajstić information content (AvgIpc) is 2.37. The van der Waals surface area contributed by atoms with Crippen LogP contribution in [-0.2, 0) is 4.79 Å². The van der Waals surface area contributed by atoms with Gasteiger partial charge < -0.3 is 10.0 Å². The van der Waals surface area contributed by atoms with Crippen molar-refractivity contribution in [2.24, 2.45) is 0 Å². The molecule has 0 aliphatic carbocycles. The Morgan fingerprint density at radius 3 is 2.78 bits per heavy atom. The van der Waals surface area contributed by atoms with Crippen LogP contribution >= 0.6 is 11.6 Å². The van der Waals surface area contributed by atoms with Gasteiger partial charge in [-0.1, -0.05) is 23.7 Å². The molecular weight excluding hydrogens is 250 g/mol. The Hall–Kier alpha value is -1.32. The van der Waals surface area contributed by atoms with Crippen LogP contribution in [0.15, 0.2) is 24.3 Å². The molecule has 0 aliphatic rings. The van der Waals surface area contributed by atoms with Gasteiger partial charge in [0, 0.05) is 18.1 Å². The lowest BCUT2D eigenvalue weighted by molar-refractivity contribution is -0.127. The summed E-state index contributed by atoms with van der Waals surface area (Å²) in [5.41, 5.74) is 1.88. The second-order valence-corrected chi connectivity index (χ2v) is 4.73. The SMILES string of the molecule is Cc1ccc(/C=C/C(=O)N(C)C(C)CO)cc1Cl. The minimum atomic E-state index is -0.191. The summed E-state index contributed by atoms with van der Waals surface area (Å²) in [4.78, 5) is 13.3. The van der Waals surface area contributed by atoms with E-state index in [9.17, 15) is 4.79 Å². The van der Waals surface area contributed by atoms with E-state index in [4.69, 9.17) is 16.7 Å². The molecule has 0 radical (unpaired) electrons. The van der Waals surface area contributed by atoms with Gasteiger partial charge in [-0.05, 0) is 37.1 Å². The highest BCUT2D eigenvalue weighted by Crippen LogP contribution is 2.17. The standard InChI is InChI=1S/C14H18ClNO2/c1-10-4-5-12(8-13(10)15)6-7-14(18)16(3)11(2)9-17/h4-8,11,17H,9H2,1-3H3/b7-6+. The monoisotopic (exact) mass is 267 g/mol. The highest BCUT2D eigenvalue weighted by molar-refractivity contribution is 6.31. The van der Waals surface area contributed by atoms with Crippen molar-refractivity contribution < 1.29 is 9.90 Å². The highest BCUT2D eigenvalue weighted by Gasteiger charge is 2.11. The first-order valence-electron chi connectivity index (χ1n) is 5.77. The third-order valence-electron chi connectivity index (χ3n) is 2.89. The molecule has 4 heteroatoms. The van der Waals surface area contributed by atoms with Crippen LogP contribution in [0.4, 0.5) is 0 Å². The number of aryl methyl sites for hydroxylation is 1. The lowest BCUT2D eigenvalue weighted by Gasteiger charge is -2.21. The predicted molar refractivity (Wildman–Crippen MR) is 74.5 cm³/mol. The summed E-state index contributed by atoms with van der Waals surface area (Å²) in [6.07, 6.45) is 3.20. The van der Waals surface area contributed by atoms with Crippen molar-refractivity contribution >= 4 is 23.6 Å². The summed E-state index contributed by atoms with van der Waals surface area (Å²) in [6, 6.07) is 5.44. The summed E-state index contributed by atoms with van der Waals surface area (Å²) in [6.45, 7) is 3.67. The maximum atomic E-state index is 11.8. The molecule has 3 nitrogen and oxygen atoms in total. The Morgan fingerprint density at radius 2 is 2.22 bits per heavy atom. The van der Waals surface area contributed by atoms with Crippen LogP contribution in [0.5, 0.6) is 0 Å². The molecule has 0 heterocycles. The van der Waals surface area contributed by atoms with Crippen LogP contribution in [-0.4, -0.2) is 35.6 Å². The normalized spacial score (nSPS) is 12.7. The molecular formula is C14H18ClNO2. The number of rotatable bonds is 4. The molecule has 0 spiro atoms. The number of carbonyl (C=O) groups excluding carboxylic acids is 1. The van der Waals surface area contributed by atoms with E-state index < -0.39 is 0 Å². The number of hydrogen-bond donors (Lipinski definition) is 1. The minimum absolute atomic E-state index is 0.0492. The van der Waals surface area contributed by atoms with Crippen LogP contribution in [0.25, 0.3) is 6.08 Å². The fraction of sp³-hybridized carbons (Fsp3) is 0.357. The van der Waals surface area contributed by atoms with Gasteiger partial charge in [-0.25, -0.2) is 0 Å². The number of amides is 1. The lowest BCUT2D eigenvalue weighted by atomic mass is 10.1. The van der Waals surface area contributed by atoms with Gasteiger partial charge >= 0.3 is 0 Å². The molecule has 0 aliphatic heterocycles. The minimum Gasteiger partial charge on any atom is -0.394 e. The number of benzene rings is 1. The second-order valence-electron chi connectivity index (χ2n) is 4.32. The molecule has 1 amide bonds. The first kappa shape index (κ1) is 14.7. The quantitative estimate of drug-likeness (QED) is 0.852. The number of halogens is 1. The summed E-state index contributed by atoms with van der Waals surface area (Å²) in [7, 11) is 1.66. The number of aliphatic hydroxyl groups excluding tert-OH is 1. The Labute approximate surface area is 113 Å². The van der Waals surface area contributed by atoms with Crippen LogP contribution < -0.4 is 0 Å². The van der Waals surface area contributed by atoms with Gasteiger partial charge in [-0.15, -0.1) is 0 Å². The number of aliphatic hydroxyl groups is 1. The maximum absolute atomic E-state index is 11.8. The molecule has 0 bridgehead atoms. The van der Waals surface area contributed by atoms with E-state index in [0.29, 0.717) is 5.02 Å². The molecule has 1 aromatic carbocycles. The number of likely N-dealkylation sites (N-methyl/N-ethyl adjacent to an activating group) is 1. The molecule has 18 heavy (non-hydrogen) atoms. The molecule has 0 aromatic heterocycles. The summed E-state index contributed by atoms with van der Waals surface area (Å²) < 4.78 is 0. The first-order valence-corrected chi connectivity index (χ1v) is 6.15. The van der Waals surface area contributed by atoms with Crippen molar-refractivity contribution in [3.63, 3.8) is 0 Å². The van der Waals surface area contributed by atoms with Crippen molar-refractivity contribution in [2.75, 3.05) is 13.7 Å². The topological polar surface area (TPSA) is 40.5 Å². The van der Waals surface area contributed by atoms with Gasteiger partial charge in [0.1, 0.15) is 0 Å². The summed E-state index contributed by atoms with van der Waals surface area (Å²) >= 11 is 6.00. The number of nitrogens with zero attached hydrogens (tertiary/aromatic N) is 1. The van der Waals surface area contributed by atoms with Gasteiger partial charge in [0.15, 0.2) is 0 Å². The number of hydrogen-bond acceptors (Lipinski definition) is 2. The average molecular weight is 268 g/mol. The van der Waals surface area contributed by atoms with Crippen LogP contribution in [0.1, 0.15) is 18.1 Å². The van der Waals surface area contributed by atoms with E-state index in [1.54, 1.807) is 20.0 Å². The third-order valence-corrected chi connectivity index (χ3v) is 3.29. The second kappa shape index (κ2) is 6.57. The molecule has 1 atom stereocenters. The van der Waals surface area contributed by atoms with Gasteiger partial charge in [0.05, 0.1) is 12.6 Å². The van der Waals surface area contributed by atoms with E-state index in [2.05, 4.69) is 0 Å². The van der Waals surface area contributed by atoms with Crippen LogP contribution in [0.2, 0.25) is 5.02 Å². The van der Waals surface area contributed by atoms with Crippen molar-refractivity contribution in [1.82, 2.24) is 4.90 Å². The van der Waals surface area contributed by atoms with Gasteiger partial charge in [-0.2, -0.15) is 0 Å². The van der Waals surface area contributed by atoms with Crippen molar-refractivity contribution in [3.05, 3.63) is 40.4 Å². The summed E-state index contributed by atoms with van der Waals surface area (Å²) in [5, 5.41) is 9.65. The molecule has 1 aromatic rings. The molecule has 1 unspecified atom stereocenters. The van der Waals surface area contributed by atoms with Crippen LogP contribution in [0, 0.1) is 6.92 Å². The lowest BCUT2D eigenvalue weighted by Crippen LogP contribution is -2.36. The number of carbonyl (C=O) groups is 1. The zero-order valence-corrected chi connectivity index (χ0v) is 11.6. The smallest absolute Gasteiger partial charge is 0.246 e. The van der Waals surface area contributed by atoms with Crippen LogP contribution in [0.3, 0.4) is 0 Å². The molecule has 1 rings (SSSR count). The Kier molecular flexibility index (Phi) is 5.38. The van der Waals surface area contributed by atoms with E-state index >= 15 is 0 Å². The Balaban J connectivity index is 2.74.